The van der Waals surface area contributed by atoms with Crippen molar-refractivity contribution in [1.29, 1.82) is 0 Å². The Hall–Kier alpha value is -2.38. The normalized spacial score (nSPS) is 17.3. The van der Waals surface area contributed by atoms with Gasteiger partial charge in [0.05, 0.1) is 23.7 Å². The lowest BCUT2D eigenvalue weighted by molar-refractivity contribution is 0.0730. The molecule has 0 N–H and O–H groups in total. The summed E-state index contributed by atoms with van der Waals surface area (Å²) in [6.07, 6.45) is 2.63. The predicted molar refractivity (Wildman–Crippen MR) is 142 cm³/mol. The molecular weight excluding hydrogens is 532 g/mol. The third-order valence-electron chi connectivity index (χ3n) is 7.04. The van der Waals surface area contributed by atoms with Crippen molar-refractivity contribution in [3.63, 3.8) is 0 Å². The van der Waals surface area contributed by atoms with Gasteiger partial charge in [0.1, 0.15) is 11.6 Å². The van der Waals surface area contributed by atoms with E-state index in [0.717, 1.165) is 56.3 Å². The van der Waals surface area contributed by atoms with E-state index in [9.17, 15) is 17.2 Å². The van der Waals surface area contributed by atoms with Crippen molar-refractivity contribution in [2.45, 2.75) is 29.3 Å². The molecule has 12 heteroatoms. The molecule has 0 spiro atoms. The van der Waals surface area contributed by atoms with Gasteiger partial charge in [-0.25, -0.2) is 17.2 Å². The molecule has 0 atom stereocenters. The van der Waals surface area contributed by atoms with Crippen molar-refractivity contribution in [2.75, 3.05) is 51.7 Å². The van der Waals surface area contributed by atoms with Crippen LogP contribution >= 0.6 is 11.8 Å². The van der Waals surface area contributed by atoms with Crippen LogP contribution < -0.4 is 0 Å². The van der Waals surface area contributed by atoms with Crippen LogP contribution in [0.5, 0.6) is 0 Å². The van der Waals surface area contributed by atoms with E-state index >= 15 is 0 Å². The Balaban J connectivity index is 1.13. The molecule has 0 unspecified atom stereocenters. The molecule has 1 fully saturated rings. The summed E-state index contributed by atoms with van der Waals surface area (Å²) >= 11 is 1.56. The number of nitrogens with zero attached hydrogens (tertiary/aromatic N) is 5. The van der Waals surface area contributed by atoms with Crippen molar-refractivity contribution in [3.05, 3.63) is 59.2 Å². The lowest BCUT2D eigenvalue weighted by atomic mass is 10.0. The van der Waals surface area contributed by atoms with E-state index in [4.69, 9.17) is 4.74 Å². The van der Waals surface area contributed by atoms with Gasteiger partial charge in [0.2, 0.25) is 10.0 Å². The fraction of sp³-hybridized carbons (Fsp3) is 0.462. The van der Waals surface area contributed by atoms with Gasteiger partial charge in [-0.3, -0.25) is 0 Å². The fourth-order valence-electron chi connectivity index (χ4n) is 4.87. The first-order valence-corrected chi connectivity index (χ1v) is 15.1. The molecule has 0 saturated carbocycles. The van der Waals surface area contributed by atoms with Crippen LogP contribution in [0.1, 0.15) is 17.5 Å². The van der Waals surface area contributed by atoms with Gasteiger partial charge in [-0.05, 0) is 61.2 Å². The lowest BCUT2D eigenvalue weighted by Crippen LogP contribution is -2.40. The topological polar surface area (TPSA) is 80.6 Å². The molecule has 0 aliphatic carbocycles. The number of halogens is 2. The van der Waals surface area contributed by atoms with Crippen LogP contribution in [-0.4, -0.2) is 84.1 Å². The number of aromatic nitrogens is 3. The minimum absolute atomic E-state index is 0.221. The van der Waals surface area contributed by atoms with Crippen LogP contribution in [0.2, 0.25) is 0 Å². The van der Waals surface area contributed by atoms with Crippen LogP contribution in [0.3, 0.4) is 0 Å². The number of hydrogen-bond acceptors (Lipinski definition) is 7. The second-order valence-corrected chi connectivity index (χ2v) is 12.5. The number of fused-ring (bicyclic) bond motifs is 1. The van der Waals surface area contributed by atoms with E-state index in [1.807, 2.05) is 12.1 Å². The third-order valence-corrected chi connectivity index (χ3v) is 10.0. The summed E-state index contributed by atoms with van der Waals surface area (Å²) in [5.74, 6) is -0.100. The molecule has 0 radical (unpaired) electrons. The summed E-state index contributed by atoms with van der Waals surface area (Å²) in [4.78, 5) is 2.78. The van der Waals surface area contributed by atoms with Crippen LogP contribution in [0.4, 0.5) is 8.78 Å². The van der Waals surface area contributed by atoms with E-state index in [2.05, 4.69) is 15.1 Å². The molecule has 2 aliphatic rings. The zero-order valence-electron chi connectivity index (χ0n) is 21.3. The number of ether oxygens (including phenoxy) is 1. The minimum atomic E-state index is -3.50. The van der Waals surface area contributed by atoms with E-state index in [0.29, 0.717) is 42.2 Å². The first-order valence-electron chi connectivity index (χ1n) is 12.7. The van der Waals surface area contributed by atoms with Crippen molar-refractivity contribution in [2.24, 2.45) is 7.05 Å². The highest BCUT2D eigenvalue weighted by atomic mass is 32.2. The number of sulfonamides is 1. The molecule has 3 heterocycles. The predicted octanol–water partition coefficient (Wildman–Crippen LogP) is 3.36. The molecule has 2 aliphatic heterocycles. The maximum absolute atomic E-state index is 14.2. The molecule has 1 saturated heterocycles. The molecule has 1 aromatic heterocycles. The van der Waals surface area contributed by atoms with E-state index in [-0.39, 0.29) is 5.56 Å². The molecule has 38 heavy (non-hydrogen) atoms. The van der Waals surface area contributed by atoms with E-state index in [1.165, 1.54) is 22.0 Å². The fourth-order valence-corrected chi connectivity index (χ4v) is 7.16. The summed E-state index contributed by atoms with van der Waals surface area (Å²) < 4.78 is 62.1. The number of rotatable bonds is 8. The number of thioether (sulfide) groups is 1. The van der Waals surface area contributed by atoms with Crippen molar-refractivity contribution < 1.29 is 21.9 Å². The molecule has 2 aromatic carbocycles. The Morgan fingerprint density at radius 2 is 1.74 bits per heavy atom. The van der Waals surface area contributed by atoms with Gasteiger partial charge in [0.25, 0.3) is 0 Å². The second-order valence-electron chi connectivity index (χ2n) is 9.48. The maximum atomic E-state index is 14.2. The molecule has 3 aromatic rings. The lowest BCUT2D eigenvalue weighted by Gasteiger charge is -2.26. The molecule has 0 amide bonds. The van der Waals surface area contributed by atoms with Gasteiger partial charge in [-0.1, -0.05) is 17.8 Å². The van der Waals surface area contributed by atoms with Gasteiger partial charge in [0.15, 0.2) is 11.0 Å². The van der Waals surface area contributed by atoms with Crippen LogP contribution in [0.25, 0.3) is 11.4 Å². The SMILES string of the molecule is Cn1c(SCCCN2CCc3ccc(S(=O)(=O)N4CCOCC4)cc3CC2)nnc1-c1ccc(F)cc1F. The molecule has 8 nitrogen and oxygen atoms in total. The molecule has 204 valence electrons. The van der Waals surface area contributed by atoms with Crippen molar-refractivity contribution in [3.8, 4) is 11.4 Å². The largest absolute Gasteiger partial charge is 0.379 e. The van der Waals surface area contributed by atoms with Gasteiger partial charge in [-0.2, -0.15) is 4.31 Å². The Labute approximate surface area is 226 Å². The van der Waals surface area contributed by atoms with Gasteiger partial charge < -0.3 is 14.2 Å². The quantitative estimate of drug-likeness (QED) is 0.307. The second kappa shape index (κ2) is 11.8. The smallest absolute Gasteiger partial charge is 0.243 e. The number of benzene rings is 2. The van der Waals surface area contributed by atoms with E-state index < -0.39 is 21.7 Å². The van der Waals surface area contributed by atoms with Crippen LogP contribution in [0, 0.1) is 11.6 Å². The monoisotopic (exact) mass is 563 g/mol. The summed E-state index contributed by atoms with van der Waals surface area (Å²) in [5.41, 5.74) is 2.54. The van der Waals surface area contributed by atoms with Gasteiger partial charge in [-0.15, -0.1) is 10.2 Å². The first kappa shape index (κ1) is 27.2. The third kappa shape index (κ3) is 5.94. The molecule has 5 rings (SSSR count). The number of hydrogen-bond donors (Lipinski definition) is 0. The van der Waals surface area contributed by atoms with E-state index in [1.54, 1.807) is 29.4 Å². The number of morpholine rings is 1. The Kier molecular flexibility index (Phi) is 8.44. The zero-order valence-corrected chi connectivity index (χ0v) is 22.9. The minimum Gasteiger partial charge on any atom is -0.379 e. The summed E-state index contributed by atoms with van der Waals surface area (Å²) in [7, 11) is -1.72. The molecular formula is C26H31F2N5O3S2. The van der Waals surface area contributed by atoms with Gasteiger partial charge >= 0.3 is 0 Å². The zero-order chi connectivity index (χ0) is 26.7. The highest BCUT2D eigenvalue weighted by molar-refractivity contribution is 7.99. The maximum Gasteiger partial charge on any atom is 0.243 e. The van der Waals surface area contributed by atoms with Crippen LogP contribution in [0.15, 0.2) is 46.5 Å². The van der Waals surface area contributed by atoms with Crippen LogP contribution in [-0.2, 0) is 34.6 Å². The van der Waals surface area contributed by atoms with Gasteiger partial charge in [0, 0.05) is 45.0 Å². The first-order chi connectivity index (χ1) is 18.3. The highest BCUT2D eigenvalue weighted by Gasteiger charge is 2.27. The average molecular weight is 564 g/mol. The Morgan fingerprint density at radius 1 is 0.974 bits per heavy atom. The molecule has 0 bridgehead atoms. The summed E-state index contributed by atoms with van der Waals surface area (Å²) in [6.45, 7) is 4.36. The summed E-state index contributed by atoms with van der Waals surface area (Å²) in [5, 5.41) is 8.97. The van der Waals surface area contributed by atoms with Crippen molar-refractivity contribution in [1.82, 2.24) is 24.0 Å². The standard InChI is InChI=1S/C26H31F2N5O3S2/c1-31-25(23-6-4-21(27)18-24(23)28)29-30-26(31)37-16-2-9-32-10-7-19-3-5-22(17-20(19)8-11-32)38(34,35)33-12-14-36-15-13-33/h3-6,17-18H,2,7-16H2,1H3. The Bertz CT molecular complexity index is 1390. The average Bonchev–Trinajstić information content (AvgIpc) is 3.14. The highest BCUT2D eigenvalue weighted by Crippen LogP contribution is 2.26. The Morgan fingerprint density at radius 3 is 2.50 bits per heavy atom. The van der Waals surface area contributed by atoms with Crippen molar-refractivity contribution >= 4 is 21.8 Å². The summed E-state index contributed by atoms with van der Waals surface area (Å²) in [6, 6.07) is 9.00.